The van der Waals surface area contributed by atoms with Crippen LogP contribution < -0.4 is 0 Å². The predicted octanol–water partition coefficient (Wildman–Crippen LogP) is -2.31. The number of hydrogen-bond acceptors (Lipinski definition) is 20. The molecule has 3 heterocycles. The number of rotatable bonds is 9. The fourth-order valence-corrected chi connectivity index (χ4v) is 15.0. The Kier molecular flexibility index (Phi) is 14.1. The molecule has 0 aromatic carbocycles. The Morgan fingerprint density at radius 2 is 1.34 bits per heavy atom. The lowest BCUT2D eigenvalue weighted by atomic mass is 9.33. The van der Waals surface area contributed by atoms with Crippen molar-refractivity contribution in [2.75, 3.05) is 26.4 Å². The van der Waals surface area contributed by atoms with Crippen LogP contribution in [0, 0.1) is 50.2 Å². The van der Waals surface area contributed by atoms with Crippen LogP contribution in [0.15, 0.2) is 11.6 Å². The highest BCUT2D eigenvalue weighted by atomic mass is 16.8. The van der Waals surface area contributed by atoms with E-state index in [-0.39, 0.29) is 30.6 Å². The van der Waals surface area contributed by atoms with E-state index in [9.17, 15) is 66.4 Å². The van der Waals surface area contributed by atoms with E-state index in [1.54, 1.807) is 0 Å². The molecule has 5 aliphatic carbocycles. The second-order valence-corrected chi connectivity index (χ2v) is 23.0. The minimum Gasteiger partial charge on any atom is -0.432 e. The number of aliphatic hydroxyl groups is 13. The molecule has 67 heavy (non-hydrogen) atoms. The van der Waals surface area contributed by atoms with Crippen molar-refractivity contribution >= 4 is 5.97 Å². The summed E-state index contributed by atoms with van der Waals surface area (Å²) in [4.78, 5) is 15.1. The number of carbonyl (C=O) groups is 1. The molecule has 3 saturated heterocycles. The molecule has 0 radical (unpaired) electrons. The fraction of sp³-hybridized carbons (Fsp3) is 0.936. The quantitative estimate of drug-likeness (QED) is 0.0656. The summed E-state index contributed by atoms with van der Waals surface area (Å²) in [7, 11) is 0. The van der Waals surface area contributed by atoms with Gasteiger partial charge < -0.3 is 94.8 Å². The van der Waals surface area contributed by atoms with Gasteiger partial charge in [-0.15, -0.1) is 0 Å². The van der Waals surface area contributed by atoms with E-state index < -0.39 is 176 Å². The standard InChI is InChI=1S/C47H76O20/c1-20-29(54)32(57)34(59)38(63-20)65-36-30(55)24(52)17-62-40(36)67-41(61)47-12-11-42(2,3)13-22(47)21-7-8-26-43(4)14-23(51)37(66-39-35(60)33(58)31(56)25(16-48)64-39)46(18-49,19-50)27(43)9-10-44(26,5)45(21,6)15-28(47)53/h7,20,22-40,48-60H,8-19H2,1-6H3/t20-,22-,23-,24-,25+,26+,27+,28+,29-,30+,31+,32+,33-,34+,35+,36-,37-,38-,39-,40+,43+,44+,45+,47+/m0/s1. The molecule has 0 unspecified atom stereocenters. The van der Waals surface area contributed by atoms with Gasteiger partial charge in [-0.1, -0.05) is 46.3 Å². The van der Waals surface area contributed by atoms with Crippen molar-refractivity contribution in [2.24, 2.45) is 50.2 Å². The van der Waals surface area contributed by atoms with Crippen molar-refractivity contribution in [3.63, 3.8) is 0 Å². The van der Waals surface area contributed by atoms with Crippen LogP contribution in [0.2, 0.25) is 0 Å². The van der Waals surface area contributed by atoms with E-state index in [4.69, 9.17) is 28.4 Å². The van der Waals surface area contributed by atoms with Crippen molar-refractivity contribution in [2.45, 2.75) is 197 Å². The van der Waals surface area contributed by atoms with Crippen molar-refractivity contribution in [1.29, 1.82) is 0 Å². The molecule has 3 aliphatic heterocycles. The summed E-state index contributed by atoms with van der Waals surface area (Å²) in [5.74, 6) is -1.99. The smallest absolute Gasteiger partial charge is 0.317 e. The van der Waals surface area contributed by atoms with Gasteiger partial charge in [0, 0.05) is 5.41 Å². The Morgan fingerprint density at radius 1 is 0.701 bits per heavy atom. The molecule has 0 amide bonds. The molecule has 4 saturated carbocycles. The van der Waals surface area contributed by atoms with Crippen LogP contribution in [0.1, 0.15) is 92.9 Å². The maximum Gasteiger partial charge on any atom is 0.317 e. The SMILES string of the molecule is C[C@@H]1O[C@@H](O[C@@H]2[C@@H](OC(=O)[C@]34CCC(C)(C)C[C@H]3C3=CC[C@@H]5[C@@]6(C)C[C@H](O)[C@H](O[C@@H]7O[C@H](CO)[C@@H](O)[C@H](O)[C@H]7O)C(CO)(CO)[C@@H]6CC[C@@]5(C)[C@]3(C)C[C@H]4O)OC[C@H](O)[C@H]2O)[C@H](O)[C@H](O)[C@H]1O. The fourth-order valence-electron chi connectivity index (χ4n) is 15.0. The van der Waals surface area contributed by atoms with Crippen molar-refractivity contribution in [3.05, 3.63) is 11.6 Å². The lowest BCUT2D eigenvalue weighted by Crippen LogP contribution is -2.71. The van der Waals surface area contributed by atoms with Gasteiger partial charge in [0.25, 0.3) is 0 Å². The Hall–Kier alpha value is -1.51. The third-order valence-electron chi connectivity index (χ3n) is 19.1. The van der Waals surface area contributed by atoms with Crippen LogP contribution >= 0.6 is 0 Å². The highest BCUT2D eigenvalue weighted by Gasteiger charge is 2.73. The number of hydrogen-bond donors (Lipinski definition) is 13. The van der Waals surface area contributed by atoms with E-state index in [1.165, 1.54) is 6.92 Å². The summed E-state index contributed by atoms with van der Waals surface area (Å²) in [6.07, 6.45) is -20.7. The average Bonchev–Trinajstić information content (AvgIpc) is 3.27. The van der Waals surface area contributed by atoms with Crippen molar-refractivity contribution < 1.29 is 99.6 Å². The Balaban J connectivity index is 1.10. The summed E-state index contributed by atoms with van der Waals surface area (Å²) < 4.78 is 35.4. The number of allylic oxidation sites excluding steroid dienone is 2. The summed E-state index contributed by atoms with van der Waals surface area (Å²) >= 11 is 0. The number of esters is 1. The van der Waals surface area contributed by atoms with E-state index >= 15 is 4.79 Å². The summed E-state index contributed by atoms with van der Waals surface area (Å²) in [5.41, 5.74) is -4.33. The molecular formula is C47H76O20. The summed E-state index contributed by atoms with van der Waals surface area (Å²) in [6, 6.07) is 0. The summed E-state index contributed by atoms with van der Waals surface area (Å²) in [5, 5.41) is 142. The third kappa shape index (κ3) is 7.82. The maximum absolute atomic E-state index is 15.1. The van der Waals surface area contributed by atoms with Gasteiger partial charge in [-0.25, -0.2) is 0 Å². The van der Waals surface area contributed by atoms with Gasteiger partial charge in [0.15, 0.2) is 18.7 Å². The maximum atomic E-state index is 15.1. The third-order valence-corrected chi connectivity index (χ3v) is 19.1. The zero-order valence-electron chi connectivity index (χ0n) is 39.3. The minimum absolute atomic E-state index is 0.141. The van der Waals surface area contributed by atoms with Gasteiger partial charge in [-0.05, 0) is 97.7 Å². The zero-order valence-corrected chi connectivity index (χ0v) is 39.3. The van der Waals surface area contributed by atoms with Crippen LogP contribution in [0.3, 0.4) is 0 Å². The number of ether oxygens (including phenoxy) is 6. The molecule has 24 atom stereocenters. The largest absolute Gasteiger partial charge is 0.432 e. The first-order chi connectivity index (χ1) is 31.3. The van der Waals surface area contributed by atoms with Gasteiger partial charge >= 0.3 is 5.97 Å². The van der Waals surface area contributed by atoms with Gasteiger partial charge in [0.05, 0.1) is 50.8 Å². The molecule has 0 spiro atoms. The Morgan fingerprint density at radius 3 is 1.99 bits per heavy atom. The second-order valence-electron chi connectivity index (χ2n) is 23.0. The van der Waals surface area contributed by atoms with Crippen molar-refractivity contribution in [1.82, 2.24) is 0 Å². The predicted molar refractivity (Wildman–Crippen MR) is 228 cm³/mol. The highest BCUT2D eigenvalue weighted by molar-refractivity contribution is 5.80. The second kappa shape index (κ2) is 18.2. The lowest BCUT2D eigenvalue weighted by molar-refractivity contribution is -0.351. The molecule has 384 valence electrons. The lowest BCUT2D eigenvalue weighted by Gasteiger charge is -2.72. The van der Waals surface area contributed by atoms with Crippen LogP contribution in [-0.4, -0.2) is 203 Å². The molecule has 0 bridgehead atoms. The summed E-state index contributed by atoms with van der Waals surface area (Å²) in [6.45, 7) is 9.66. The van der Waals surface area contributed by atoms with Gasteiger partial charge in [0.2, 0.25) is 6.29 Å². The minimum atomic E-state index is -1.78. The van der Waals surface area contributed by atoms with E-state index in [2.05, 4.69) is 40.7 Å². The van der Waals surface area contributed by atoms with Crippen molar-refractivity contribution in [3.8, 4) is 0 Å². The molecule has 20 nitrogen and oxygen atoms in total. The topological polar surface area (TPSA) is 335 Å². The number of carbonyl (C=O) groups excluding carboxylic acids is 1. The average molecular weight is 961 g/mol. The Labute approximate surface area is 390 Å². The zero-order chi connectivity index (χ0) is 49.1. The normalized spacial score (nSPS) is 53.8. The van der Waals surface area contributed by atoms with E-state index in [0.29, 0.717) is 32.1 Å². The van der Waals surface area contributed by atoms with E-state index in [0.717, 1.165) is 5.57 Å². The van der Waals surface area contributed by atoms with Crippen LogP contribution in [0.4, 0.5) is 0 Å². The molecule has 7 fully saturated rings. The van der Waals surface area contributed by atoms with E-state index in [1.807, 2.05) is 0 Å². The molecule has 0 aromatic heterocycles. The van der Waals surface area contributed by atoms with Crippen LogP contribution in [0.5, 0.6) is 0 Å². The van der Waals surface area contributed by atoms with Gasteiger partial charge in [0.1, 0.15) is 60.4 Å². The first-order valence-electron chi connectivity index (χ1n) is 24.1. The molecular weight excluding hydrogens is 884 g/mol. The molecule has 20 heteroatoms. The van der Waals surface area contributed by atoms with Crippen LogP contribution in [-0.2, 0) is 33.2 Å². The Bertz CT molecular complexity index is 1830. The van der Waals surface area contributed by atoms with Crippen LogP contribution in [0.25, 0.3) is 0 Å². The number of aliphatic hydroxyl groups excluding tert-OH is 13. The molecule has 8 aliphatic rings. The first-order valence-corrected chi connectivity index (χ1v) is 24.1. The monoisotopic (exact) mass is 960 g/mol. The number of fused-ring (bicyclic) bond motifs is 7. The van der Waals surface area contributed by atoms with Gasteiger partial charge in [-0.3, -0.25) is 4.79 Å². The molecule has 13 N–H and O–H groups in total. The first kappa shape index (κ1) is 51.8. The molecule has 0 aromatic rings. The van der Waals surface area contributed by atoms with Gasteiger partial charge in [-0.2, -0.15) is 0 Å². The molecule has 8 rings (SSSR count). The highest BCUT2D eigenvalue weighted by Crippen LogP contribution is 2.76.